The second-order valence-electron chi connectivity index (χ2n) is 7.73. The molecule has 3 atom stereocenters. The molecule has 1 aromatic rings. The highest BCUT2D eigenvalue weighted by molar-refractivity contribution is 6.07. The molecule has 1 saturated heterocycles. The van der Waals surface area contributed by atoms with Gasteiger partial charge in [-0.2, -0.15) is 0 Å². The molecular weight excluding hydrogens is 366 g/mol. The van der Waals surface area contributed by atoms with E-state index >= 15 is 0 Å². The second-order valence-corrected chi connectivity index (χ2v) is 7.73. The van der Waals surface area contributed by atoms with Crippen LogP contribution in [0, 0.1) is 11.8 Å². The molecule has 3 aliphatic rings. The summed E-state index contributed by atoms with van der Waals surface area (Å²) >= 11 is 0. The topological polar surface area (TPSA) is 92.5 Å². The number of halogens is 1. The van der Waals surface area contributed by atoms with Crippen LogP contribution in [0.3, 0.4) is 0 Å². The highest BCUT2D eigenvalue weighted by Crippen LogP contribution is 2.38. The standard InChI is InChI=1S/C20H25N3O3.ClH/c21-13-8-9-14-12(10-13)4-3-7-17(14)22-18(24)11-23-19(25)15-5-1-2-6-16(15)20(23)26;/h8-10,15-17H,1-7,11,21H2,(H,22,24);1H. The van der Waals surface area contributed by atoms with E-state index in [9.17, 15) is 14.4 Å². The number of nitrogens with zero attached hydrogens (tertiary/aromatic N) is 1. The molecule has 1 saturated carbocycles. The SMILES string of the molecule is Cl.Nc1ccc2c(c1)CCCC2NC(=O)CN1C(=O)C2CCCCC2C1=O. The molecule has 0 spiro atoms. The predicted octanol–water partition coefficient (Wildman–Crippen LogP) is 2.36. The number of imide groups is 1. The number of fused-ring (bicyclic) bond motifs is 2. The summed E-state index contributed by atoms with van der Waals surface area (Å²) in [4.78, 5) is 38.8. The van der Waals surface area contributed by atoms with Crippen LogP contribution in [0.4, 0.5) is 5.69 Å². The van der Waals surface area contributed by atoms with Crippen molar-refractivity contribution in [1.29, 1.82) is 0 Å². The van der Waals surface area contributed by atoms with E-state index in [4.69, 9.17) is 5.73 Å². The summed E-state index contributed by atoms with van der Waals surface area (Å²) in [6, 6.07) is 5.70. The maximum absolute atomic E-state index is 12.6. The van der Waals surface area contributed by atoms with Crippen molar-refractivity contribution < 1.29 is 14.4 Å². The van der Waals surface area contributed by atoms with E-state index in [-0.39, 0.29) is 54.6 Å². The van der Waals surface area contributed by atoms with Gasteiger partial charge in [0.05, 0.1) is 17.9 Å². The Labute approximate surface area is 165 Å². The first-order chi connectivity index (χ1) is 12.5. The molecule has 4 rings (SSSR count). The molecule has 27 heavy (non-hydrogen) atoms. The van der Waals surface area contributed by atoms with E-state index in [0.717, 1.165) is 56.2 Å². The third kappa shape index (κ3) is 3.68. The van der Waals surface area contributed by atoms with Gasteiger partial charge in [0.15, 0.2) is 0 Å². The number of carbonyl (C=O) groups excluding carboxylic acids is 3. The summed E-state index contributed by atoms with van der Waals surface area (Å²) in [5.41, 5.74) is 8.84. The molecule has 2 aliphatic carbocycles. The number of likely N-dealkylation sites (tertiary alicyclic amines) is 1. The first-order valence-corrected chi connectivity index (χ1v) is 9.57. The lowest BCUT2D eigenvalue weighted by Gasteiger charge is -2.27. The van der Waals surface area contributed by atoms with Gasteiger partial charge in [0.25, 0.3) is 0 Å². The van der Waals surface area contributed by atoms with Crippen molar-refractivity contribution >= 4 is 35.8 Å². The fourth-order valence-electron chi connectivity index (χ4n) is 4.75. The van der Waals surface area contributed by atoms with Crippen LogP contribution < -0.4 is 11.1 Å². The average Bonchev–Trinajstić information content (AvgIpc) is 2.87. The first-order valence-electron chi connectivity index (χ1n) is 9.57. The lowest BCUT2D eigenvalue weighted by molar-refractivity contribution is -0.143. The quantitative estimate of drug-likeness (QED) is 0.611. The normalized spacial score (nSPS) is 26.8. The molecule has 7 heteroatoms. The van der Waals surface area contributed by atoms with E-state index in [1.54, 1.807) is 0 Å². The van der Waals surface area contributed by atoms with Crippen LogP contribution in [0.1, 0.15) is 55.7 Å². The Kier molecular flexibility index (Phi) is 5.75. The molecule has 1 heterocycles. The molecule has 0 aromatic heterocycles. The summed E-state index contributed by atoms with van der Waals surface area (Å²) in [6.07, 6.45) is 6.31. The van der Waals surface area contributed by atoms with Gasteiger partial charge < -0.3 is 11.1 Å². The van der Waals surface area contributed by atoms with Gasteiger partial charge in [-0.05, 0) is 55.4 Å². The number of nitrogens with two attached hydrogens (primary N) is 1. The minimum atomic E-state index is -0.264. The summed E-state index contributed by atoms with van der Waals surface area (Å²) < 4.78 is 0. The van der Waals surface area contributed by atoms with Crippen molar-refractivity contribution in [3.63, 3.8) is 0 Å². The van der Waals surface area contributed by atoms with Crippen LogP contribution in [-0.4, -0.2) is 29.2 Å². The van der Waals surface area contributed by atoms with Crippen LogP contribution in [0.15, 0.2) is 18.2 Å². The van der Waals surface area contributed by atoms with Crippen molar-refractivity contribution in [2.75, 3.05) is 12.3 Å². The third-order valence-corrected chi connectivity index (χ3v) is 6.05. The Morgan fingerprint density at radius 3 is 2.41 bits per heavy atom. The number of aryl methyl sites for hydroxylation is 1. The smallest absolute Gasteiger partial charge is 0.240 e. The Morgan fingerprint density at radius 1 is 1.07 bits per heavy atom. The maximum Gasteiger partial charge on any atom is 0.240 e. The number of nitrogens with one attached hydrogen (secondary N) is 1. The van der Waals surface area contributed by atoms with E-state index in [1.165, 1.54) is 10.5 Å². The molecular formula is C20H26ClN3O3. The lowest BCUT2D eigenvalue weighted by Crippen LogP contribution is -2.42. The van der Waals surface area contributed by atoms with Crippen LogP contribution >= 0.6 is 12.4 Å². The number of hydrogen-bond donors (Lipinski definition) is 2. The van der Waals surface area contributed by atoms with Gasteiger partial charge in [-0.3, -0.25) is 19.3 Å². The fourth-order valence-corrected chi connectivity index (χ4v) is 4.75. The molecule has 3 amide bonds. The zero-order valence-electron chi connectivity index (χ0n) is 15.3. The summed E-state index contributed by atoms with van der Waals surface area (Å²) in [5.74, 6) is -0.997. The molecule has 146 valence electrons. The zero-order chi connectivity index (χ0) is 18.3. The number of rotatable bonds is 3. The third-order valence-electron chi connectivity index (χ3n) is 6.05. The number of nitrogen functional groups attached to an aromatic ring is 1. The predicted molar refractivity (Wildman–Crippen MR) is 104 cm³/mol. The number of carbonyl (C=O) groups is 3. The van der Waals surface area contributed by atoms with Gasteiger partial charge in [0, 0.05) is 5.69 Å². The van der Waals surface area contributed by atoms with Crippen LogP contribution in [0.5, 0.6) is 0 Å². The van der Waals surface area contributed by atoms with E-state index < -0.39 is 0 Å². The summed E-state index contributed by atoms with van der Waals surface area (Å²) in [7, 11) is 0. The Bertz CT molecular complexity index is 743. The van der Waals surface area contributed by atoms with Gasteiger partial charge in [0.1, 0.15) is 6.54 Å². The number of benzene rings is 1. The Balaban J connectivity index is 0.00000210. The van der Waals surface area contributed by atoms with Crippen molar-refractivity contribution in [2.45, 2.75) is 51.0 Å². The molecule has 0 radical (unpaired) electrons. The minimum Gasteiger partial charge on any atom is -0.399 e. The van der Waals surface area contributed by atoms with Crippen molar-refractivity contribution in [3.8, 4) is 0 Å². The monoisotopic (exact) mass is 391 g/mol. The maximum atomic E-state index is 12.6. The van der Waals surface area contributed by atoms with Crippen LogP contribution in [0.25, 0.3) is 0 Å². The van der Waals surface area contributed by atoms with Crippen molar-refractivity contribution in [2.24, 2.45) is 11.8 Å². The van der Waals surface area contributed by atoms with E-state index in [1.807, 2.05) is 18.2 Å². The molecule has 3 N–H and O–H groups in total. The Hall–Kier alpha value is -2.08. The van der Waals surface area contributed by atoms with Gasteiger partial charge in [-0.15, -0.1) is 12.4 Å². The number of amides is 3. The molecule has 0 bridgehead atoms. The highest BCUT2D eigenvalue weighted by Gasteiger charge is 2.48. The fraction of sp³-hybridized carbons (Fsp3) is 0.550. The summed E-state index contributed by atoms with van der Waals surface area (Å²) in [6.45, 7) is -0.161. The molecule has 1 aliphatic heterocycles. The van der Waals surface area contributed by atoms with Gasteiger partial charge in [-0.1, -0.05) is 18.9 Å². The number of hydrogen-bond acceptors (Lipinski definition) is 4. The van der Waals surface area contributed by atoms with Gasteiger partial charge >= 0.3 is 0 Å². The summed E-state index contributed by atoms with van der Waals surface area (Å²) in [5, 5.41) is 3.02. The van der Waals surface area contributed by atoms with Crippen LogP contribution in [-0.2, 0) is 20.8 Å². The lowest BCUT2D eigenvalue weighted by atomic mass is 9.81. The first kappa shape index (κ1) is 19.7. The molecule has 2 fully saturated rings. The highest BCUT2D eigenvalue weighted by atomic mass is 35.5. The molecule has 1 aromatic carbocycles. The van der Waals surface area contributed by atoms with E-state index in [0.29, 0.717) is 0 Å². The van der Waals surface area contributed by atoms with Gasteiger partial charge in [0.2, 0.25) is 17.7 Å². The van der Waals surface area contributed by atoms with Crippen LogP contribution in [0.2, 0.25) is 0 Å². The van der Waals surface area contributed by atoms with E-state index in [2.05, 4.69) is 5.32 Å². The largest absolute Gasteiger partial charge is 0.399 e. The zero-order valence-corrected chi connectivity index (χ0v) is 16.1. The Morgan fingerprint density at radius 2 is 1.74 bits per heavy atom. The minimum absolute atomic E-state index is 0. The van der Waals surface area contributed by atoms with Gasteiger partial charge in [-0.25, -0.2) is 0 Å². The average molecular weight is 392 g/mol. The second kappa shape index (κ2) is 7.89. The molecule has 3 unspecified atom stereocenters. The molecule has 6 nitrogen and oxygen atoms in total. The van der Waals surface area contributed by atoms with Crippen molar-refractivity contribution in [1.82, 2.24) is 10.2 Å². The van der Waals surface area contributed by atoms with Crippen molar-refractivity contribution in [3.05, 3.63) is 29.3 Å². The number of anilines is 1.